The van der Waals surface area contributed by atoms with Gasteiger partial charge >= 0.3 is 6.01 Å². The Labute approximate surface area is 140 Å². The van der Waals surface area contributed by atoms with Crippen molar-refractivity contribution in [3.05, 3.63) is 69.8 Å². The van der Waals surface area contributed by atoms with Crippen molar-refractivity contribution >= 4 is 17.2 Å². The van der Waals surface area contributed by atoms with Gasteiger partial charge in [-0.3, -0.25) is 0 Å². The number of rotatable bonds is 6. The van der Waals surface area contributed by atoms with Crippen LogP contribution in [-0.2, 0) is 13.2 Å². The standard InChI is InChI=1S/C16H12F3N3OS/c17-11-4-3-10(13(18)6-11)9-23-16-21-8-14(19)15(22-16)20-7-12-2-1-5-24-12/h1-6,8H,7,9H2,(H,20,21,22). The first-order valence-corrected chi connectivity index (χ1v) is 7.85. The zero-order valence-corrected chi connectivity index (χ0v) is 13.1. The molecule has 0 saturated heterocycles. The molecule has 2 aromatic heterocycles. The second kappa shape index (κ2) is 7.31. The van der Waals surface area contributed by atoms with Crippen LogP contribution in [0.15, 0.2) is 41.9 Å². The second-order valence-electron chi connectivity index (χ2n) is 4.81. The van der Waals surface area contributed by atoms with Crippen LogP contribution >= 0.6 is 11.3 Å². The molecule has 1 N–H and O–H groups in total. The van der Waals surface area contributed by atoms with Crippen LogP contribution in [0.25, 0.3) is 0 Å². The van der Waals surface area contributed by atoms with Gasteiger partial charge in [-0.25, -0.2) is 18.2 Å². The quantitative estimate of drug-likeness (QED) is 0.725. The molecule has 0 aliphatic heterocycles. The first-order valence-electron chi connectivity index (χ1n) is 6.97. The first-order chi connectivity index (χ1) is 11.6. The molecule has 0 saturated carbocycles. The van der Waals surface area contributed by atoms with Crippen LogP contribution in [0.3, 0.4) is 0 Å². The highest BCUT2D eigenvalue weighted by Crippen LogP contribution is 2.18. The zero-order chi connectivity index (χ0) is 16.9. The second-order valence-corrected chi connectivity index (χ2v) is 5.84. The molecule has 0 aliphatic rings. The Morgan fingerprint density at radius 3 is 2.75 bits per heavy atom. The lowest BCUT2D eigenvalue weighted by molar-refractivity contribution is 0.274. The number of aromatic nitrogens is 2. The monoisotopic (exact) mass is 351 g/mol. The molecule has 4 nitrogen and oxygen atoms in total. The smallest absolute Gasteiger partial charge is 0.318 e. The number of nitrogens with one attached hydrogen (secondary N) is 1. The first kappa shape index (κ1) is 16.3. The van der Waals surface area contributed by atoms with E-state index in [9.17, 15) is 13.2 Å². The summed E-state index contributed by atoms with van der Waals surface area (Å²) in [7, 11) is 0. The molecule has 124 valence electrons. The lowest BCUT2D eigenvalue weighted by Gasteiger charge is -2.09. The lowest BCUT2D eigenvalue weighted by atomic mass is 10.2. The van der Waals surface area contributed by atoms with Gasteiger partial charge in [-0.15, -0.1) is 11.3 Å². The third-order valence-electron chi connectivity index (χ3n) is 3.10. The molecule has 3 rings (SSSR count). The molecule has 0 unspecified atom stereocenters. The van der Waals surface area contributed by atoms with Gasteiger partial charge < -0.3 is 10.1 Å². The van der Waals surface area contributed by atoms with E-state index >= 15 is 0 Å². The minimum Gasteiger partial charge on any atom is -0.458 e. The number of thiophene rings is 1. The summed E-state index contributed by atoms with van der Waals surface area (Å²) in [6.45, 7) is 0.222. The van der Waals surface area contributed by atoms with Crippen LogP contribution in [0, 0.1) is 17.5 Å². The van der Waals surface area contributed by atoms with E-state index in [-0.39, 0.29) is 24.0 Å². The number of nitrogens with zero attached hydrogens (tertiary/aromatic N) is 2. The van der Waals surface area contributed by atoms with E-state index in [0.717, 1.165) is 23.2 Å². The van der Waals surface area contributed by atoms with Gasteiger partial charge in [0, 0.05) is 16.5 Å². The molecular weight excluding hydrogens is 339 g/mol. The fourth-order valence-electron chi connectivity index (χ4n) is 1.91. The van der Waals surface area contributed by atoms with E-state index in [4.69, 9.17) is 4.74 Å². The van der Waals surface area contributed by atoms with E-state index in [1.54, 1.807) is 0 Å². The van der Waals surface area contributed by atoms with Crippen LogP contribution in [0.1, 0.15) is 10.4 Å². The van der Waals surface area contributed by atoms with Crippen molar-refractivity contribution in [1.29, 1.82) is 0 Å². The molecule has 1 aromatic carbocycles. The van der Waals surface area contributed by atoms with Crippen LogP contribution in [0.5, 0.6) is 6.01 Å². The number of halogens is 3. The molecule has 0 fully saturated rings. The van der Waals surface area contributed by atoms with Gasteiger partial charge in [0.05, 0.1) is 12.7 Å². The van der Waals surface area contributed by atoms with Crippen LogP contribution in [0.2, 0.25) is 0 Å². The Morgan fingerprint density at radius 1 is 1.12 bits per heavy atom. The molecule has 2 heterocycles. The summed E-state index contributed by atoms with van der Waals surface area (Å²) in [5, 5.41) is 4.77. The highest BCUT2D eigenvalue weighted by Gasteiger charge is 2.10. The average Bonchev–Trinajstić information content (AvgIpc) is 3.07. The molecular formula is C16H12F3N3OS. The predicted molar refractivity (Wildman–Crippen MR) is 84.3 cm³/mol. The number of hydrogen-bond donors (Lipinski definition) is 1. The van der Waals surface area contributed by atoms with Crippen molar-refractivity contribution in [2.24, 2.45) is 0 Å². The van der Waals surface area contributed by atoms with E-state index in [1.807, 2.05) is 17.5 Å². The number of hydrogen-bond acceptors (Lipinski definition) is 5. The predicted octanol–water partition coefficient (Wildman–Crippen LogP) is 4.15. The summed E-state index contributed by atoms with van der Waals surface area (Å²) >= 11 is 1.53. The van der Waals surface area contributed by atoms with E-state index in [1.165, 1.54) is 17.4 Å². The Morgan fingerprint density at radius 2 is 2.00 bits per heavy atom. The van der Waals surface area contributed by atoms with Gasteiger partial charge in [-0.2, -0.15) is 4.98 Å². The van der Waals surface area contributed by atoms with Gasteiger partial charge in [0.2, 0.25) is 0 Å². The summed E-state index contributed by atoms with van der Waals surface area (Å²) in [5.41, 5.74) is 0.150. The van der Waals surface area contributed by atoms with Crippen molar-refractivity contribution in [3.63, 3.8) is 0 Å². The van der Waals surface area contributed by atoms with Gasteiger partial charge in [0.15, 0.2) is 11.6 Å². The lowest BCUT2D eigenvalue weighted by Crippen LogP contribution is -2.07. The van der Waals surface area contributed by atoms with E-state index in [0.29, 0.717) is 6.54 Å². The van der Waals surface area contributed by atoms with Crippen LogP contribution in [0.4, 0.5) is 19.0 Å². The summed E-state index contributed by atoms with van der Waals surface area (Å²) < 4.78 is 45.4. The van der Waals surface area contributed by atoms with E-state index in [2.05, 4.69) is 15.3 Å². The molecule has 0 spiro atoms. The summed E-state index contributed by atoms with van der Waals surface area (Å²) in [5.74, 6) is -2.03. The Kier molecular flexibility index (Phi) is 4.95. The molecule has 24 heavy (non-hydrogen) atoms. The molecule has 8 heteroatoms. The van der Waals surface area contributed by atoms with E-state index < -0.39 is 17.5 Å². The Balaban J connectivity index is 1.66. The topological polar surface area (TPSA) is 47.0 Å². The summed E-state index contributed by atoms with van der Waals surface area (Å²) in [6.07, 6.45) is 0.972. The average molecular weight is 351 g/mol. The molecule has 0 radical (unpaired) electrons. The van der Waals surface area contributed by atoms with Crippen LogP contribution < -0.4 is 10.1 Å². The third-order valence-corrected chi connectivity index (χ3v) is 3.98. The van der Waals surface area contributed by atoms with Crippen molar-refractivity contribution < 1.29 is 17.9 Å². The highest BCUT2D eigenvalue weighted by atomic mass is 32.1. The fourth-order valence-corrected chi connectivity index (χ4v) is 2.55. The largest absolute Gasteiger partial charge is 0.458 e. The maximum atomic E-state index is 13.7. The highest BCUT2D eigenvalue weighted by molar-refractivity contribution is 7.09. The Hall–Kier alpha value is -2.61. The van der Waals surface area contributed by atoms with Crippen molar-refractivity contribution in [1.82, 2.24) is 9.97 Å². The Bertz CT molecular complexity index is 827. The molecule has 0 atom stereocenters. The van der Waals surface area contributed by atoms with Gasteiger partial charge in [0.25, 0.3) is 0 Å². The normalized spacial score (nSPS) is 10.6. The van der Waals surface area contributed by atoms with Gasteiger partial charge in [0.1, 0.15) is 18.2 Å². The van der Waals surface area contributed by atoms with Gasteiger partial charge in [-0.05, 0) is 23.6 Å². The van der Waals surface area contributed by atoms with Gasteiger partial charge in [-0.1, -0.05) is 6.07 Å². The van der Waals surface area contributed by atoms with Crippen molar-refractivity contribution in [2.75, 3.05) is 5.32 Å². The number of benzene rings is 1. The number of anilines is 1. The maximum absolute atomic E-state index is 13.7. The third kappa shape index (κ3) is 4.02. The van der Waals surface area contributed by atoms with Crippen LogP contribution in [-0.4, -0.2) is 9.97 Å². The zero-order valence-electron chi connectivity index (χ0n) is 12.3. The molecule has 3 aromatic rings. The SMILES string of the molecule is Fc1ccc(COc2ncc(F)c(NCc3cccs3)n2)c(F)c1. The molecule has 0 amide bonds. The number of ether oxygens (including phenoxy) is 1. The fraction of sp³-hybridized carbons (Fsp3) is 0.125. The molecule has 0 aliphatic carbocycles. The van der Waals surface area contributed by atoms with Crippen molar-refractivity contribution in [3.8, 4) is 6.01 Å². The maximum Gasteiger partial charge on any atom is 0.318 e. The van der Waals surface area contributed by atoms with Crippen molar-refractivity contribution in [2.45, 2.75) is 13.2 Å². The molecule has 0 bridgehead atoms. The summed E-state index contributed by atoms with van der Waals surface area (Å²) in [6, 6.07) is 6.85. The minimum atomic E-state index is -0.729. The minimum absolute atomic E-state index is 0.00650. The summed E-state index contributed by atoms with van der Waals surface area (Å²) in [4.78, 5) is 8.64.